The Labute approximate surface area is 142 Å². The average molecular weight is 341 g/mol. The summed E-state index contributed by atoms with van der Waals surface area (Å²) in [5, 5.41) is 0.436. The molecule has 2 heterocycles. The molecule has 7 heteroatoms. The van der Waals surface area contributed by atoms with Gasteiger partial charge in [-0.05, 0) is 36.2 Å². The summed E-state index contributed by atoms with van der Waals surface area (Å²) >= 11 is 1.38. The van der Waals surface area contributed by atoms with Crippen LogP contribution in [0.2, 0.25) is 0 Å². The van der Waals surface area contributed by atoms with Crippen LogP contribution in [0.25, 0.3) is 5.65 Å². The summed E-state index contributed by atoms with van der Waals surface area (Å²) in [7, 11) is 1.35. The number of carbonyl (C=O) groups is 1. The molecule has 0 aliphatic carbocycles. The van der Waals surface area contributed by atoms with Gasteiger partial charge in [-0.3, -0.25) is 4.40 Å². The molecule has 0 atom stereocenters. The van der Waals surface area contributed by atoms with Gasteiger partial charge in [-0.2, -0.15) is 4.98 Å². The first-order valence-electron chi connectivity index (χ1n) is 7.24. The van der Waals surface area contributed by atoms with Crippen LogP contribution in [0.4, 0.5) is 0 Å². The van der Waals surface area contributed by atoms with Gasteiger partial charge in [0.1, 0.15) is 5.65 Å². The highest BCUT2D eigenvalue weighted by molar-refractivity contribution is 7.98. The third-order valence-corrected chi connectivity index (χ3v) is 4.42. The molecule has 0 fully saturated rings. The summed E-state index contributed by atoms with van der Waals surface area (Å²) < 4.78 is 6.10. The number of hydrogen-bond acceptors (Lipinski definition) is 6. The van der Waals surface area contributed by atoms with E-state index in [2.05, 4.69) is 14.7 Å². The largest absolute Gasteiger partial charge is 0.465 e. The minimum atomic E-state index is -0.365. The number of aromatic nitrogens is 3. The van der Waals surface area contributed by atoms with E-state index in [1.807, 2.05) is 25.1 Å². The monoisotopic (exact) mass is 341 g/mol. The maximum Gasteiger partial charge on any atom is 0.355 e. The molecule has 0 saturated carbocycles. The molecule has 24 heavy (non-hydrogen) atoms. The van der Waals surface area contributed by atoms with Crippen molar-refractivity contribution in [2.24, 2.45) is 0 Å². The molecule has 2 aromatic heterocycles. The molecule has 0 aliphatic rings. The number of benzene rings is 1. The minimum absolute atomic E-state index is 0.341. The molecular formula is C17H15N3O3S. The lowest BCUT2D eigenvalue weighted by Gasteiger charge is -2.05. The normalized spacial score (nSPS) is 10.8. The molecule has 0 bridgehead atoms. The van der Waals surface area contributed by atoms with E-state index in [4.69, 9.17) is 0 Å². The third-order valence-electron chi connectivity index (χ3n) is 3.50. The summed E-state index contributed by atoms with van der Waals surface area (Å²) in [6.07, 6.45) is 1.66. The van der Waals surface area contributed by atoms with Crippen molar-refractivity contribution < 1.29 is 9.53 Å². The van der Waals surface area contributed by atoms with Crippen molar-refractivity contribution in [1.29, 1.82) is 0 Å². The number of ether oxygens (including phenoxy) is 1. The Kier molecular flexibility index (Phi) is 4.61. The van der Waals surface area contributed by atoms with E-state index in [0.717, 1.165) is 11.1 Å². The summed E-state index contributed by atoms with van der Waals surface area (Å²) in [6.45, 7) is 1.90. The van der Waals surface area contributed by atoms with Gasteiger partial charge in [0, 0.05) is 11.9 Å². The Morgan fingerprint density at radius 3 is 2.67 bits per heavy atom. The maximum absolute atomic E-state index is 12.1. The number of carbonyl (C=O) groups excluding carboxylic acids is 1. The second-order valence-electron chi connectivity index (χ2n) is 5.15. The van der Waals surface area contributed by atoms with Crippen LogP contribution in [0.1, 0.15) is 21.5 Å². The predicted octanol–water partition coefficient (Wildman–Crippen LogP) is 2.48. The molecule has 0 spiro atoms. The summed E-state index contributed by atoms with van der Waals surface area (Å²) in [5.41, 5.74) is 2.69. The zero-order chi connectivity index (χ0) is 17.1. The fraction of sp³-hybridized carbons (Fsp3) is 0.176. The van der Waals surface area contributed by atoms with E-state index >= 15 is 0 Å². The first kappa shape index (κ1) is 16.2. The number of methoxy groups -OCH3 is 1. The second-order valence-corrected chi connectivity index (χ2v) is 6.09. The van der Waals surface area contributed by atoms with Crippen molar-refractivity contribution in [2.75, 3.05) is 7.11 Å². The van der Waals surface area contributed by atoms with Crippen LogP contribution < -0.4 is 5.69 Å². The van der Waals surface area contributed by atoms with Crippen molar-refractivity contribution in [3.8, 4) is 0 Å². The number of hydrogen-bond donors (Lipinski definition) is 0. The number of thioether (sulfide) groups is 1. The maximum atomic E-state index is 12.1. The van der Waals surface area contributed by atoms with Crippen LogP contribution in [0.5, 0.6) is 0 Å². The molecule has 6 nitrogen and oxygen atoms in total. The Hall–Kier alpha value is -2.67. The van der Waals surface area contributed by atoms with Gasteiger partial charge in [0.15, 0.2) is 5.16 Å². The first-order valence-corrected chi connectivity index (χ1v) is 8.23. The number of pyridine rings is 1. The summed E-state index contributed by atoms with van der Waals surface area (Å²) in [5.74, 6) is 0.235. The van der Waals surface area contributed by atoms with Gasteiger partial charge < -0.3 is 4.74 Å². The van der Waals surface area contributed by atoms with E-state index in [0.29, 0.717) is 22.1 Å². The summed E-state index contributed by atoms with van der Waals surface area (Å²) in [6, 6.07) is 10.8. The van der Waals surface area contributed by atoms with Gasteiger partial charge in [-0.25, -0.2) is 14.6 Å². The summed E-state index contributed by atoms with van der Waals surface area (Å²) in [4.78, 5) is 31.9. The third kappa shape index (κ3) is 3.30. The fourth-order valence-corrected chi connectivity index (χ4v) is 3.01. The molecule has 0 N–H and O–H groups in total. The first-order chi connectivity index (χ1) is 11.6. The second kappa shape index (κ2) is 6.84. The predicted molar refractivity (Wildman–Crippen MR) is 91.3 cm³/mol. The molecule has 0 saturated heterocycles. The number of fused-ring (bicyclic) bond motifs is 1. The minimum Gasteiger partial charge on any atom is -0.465 e. The van der Waals surface area contributed by atoms with Crippen LogP contribution in [-0.2, 0) is 10.5 Å². The zero-order valence-corrected chi connectivity index (χ0v) is 14.0. The van der Waals surface area contributed by atoms with E-state index in [9.17, 15) is 9.59 Å². The standard InChI is InChI=1S/C17H15N3O3S/c1-11-4-3-9-20-14(11)18-16(19-17(20)22)24-10-12-5-7-13(8-6-12)15(21)23-2/h3-9H,10H2,1-2H3. The van der Waals surface area contributed by atoms with Gasteiger partial charge in [-0.1, -0.05) is 30.0 Å². The van der Waals surface area contributed by atoms with Crippen LogP contribution in [-0.4, -0.2) is 27.4 Å². The van der Waals surface area contributed by atoms with Gasteiger partial charge in [-0.15, -0.1) is 0 Å². The van der Waals surface area contributed by atoms with Crippen molar-refractivity contribution in [1.82, 2.24) is 14.4 Å². The SMILES string of the molecule is COC(=O)c1ccc(CSc2nc(=O)n3cccc(C)c3n2)cc1. The fourth-order valence-electron chi connectivity index (χ4n) is 2.22. The van der Waals surface area contributed by atoms with Crippen LogP contribution in [0, 0.1) is 6.92 Å². The molecule has 3 rings (SSSR count). The van der Waals surface area contributed by atoms with E-state index < -0.39 is 0 Å². The Bertz CT molecular complexity index is 951. The zero-order valence-electron chi connectivity index (χ0n) is 13.2. The number of aryl methyl sites for hydroxylation is 1. The van der Waals surface area contributed by atoms with Crippen molar-refractivity contribution in [3.05, 3.63) is 69.8 Å². The molecule has 122 valence electrons. The van der Waals surface area contributed by atoms with Gasteiger partial charge in [0.25, 0.3) is 0 Å². The number of rotatable bonds is 4. The highest BCUT2D eigenvalue weighted by Gasteiger charge is 2.08. The van der Waals surface area contributed by atoms with Crippen LogP contribution >= 0.6 is 11.8 Å². The van der Waals surface area contributed by atoms with Crippen molar-refractivity contribution in [3.63, 3.8) is 0 Å². The van der Waals surface area contributed by atoms with Crippen LogP contribution in [0.15, 0.2) is 52.5 Å². The molecule has 0 amide bonds. The lowest BCUT2D eigenvalue weighted by molar-refractivity contribution is 0.0600. The van der Waals surface area contributed by atoms with E-state index in [-0.39, 0.29) is 11.7 Å². The molecule has 0 radical (unpaired) electrons. The molecular weight excluding hydrogens is 326 g/mol. The Morgan fingerprint density at radius 1 is 1.21 bits per heavy atom. The molecule has 1 aromatic carbocycles. The molecule has 0 aliphatic heterocycles. The van der Waals surface area contributed by atoms with E-state index in [1.165, 1.54) is 23.3 Å². The lowest BCUT2D eigenvalue weighted by Crippen LogP contribution is -2.19. The lowest BCUT2D eigenvalue weighted by atomic mass is 10.1. The smallest absolute Gasteiger partial charge is 0.355 e. The van der Waals surface area contributed by atoms with Gasteiger partial charge in [0.2, 0.25) is 0 Å². The van der Waals surface area contributed by atoms with Gasteiger partial charge >= 0.3 is 11.7 Å². The Morgan fingerprint density at radius 2 is 1.96 bits per heavy atom. The molecule has 3 aromatic rings. The highest BCUT2D eigenvalue weighted by atomic mass is 32.2. The average Bonchev–Trinajstić information content (AvgIpc) is 2.60. The quantitative estimate of drug-likeness (QED) is 0.536. The van der Waals surface area contributed by atoms with Crippen LogP contribution in [0.3, 0.4) is 0 Å². The van der Waals surface area contributed by atoms with E-state index in [1.54, 1.807) is 24.4 Å². The van der Waals surface area contributed by atoms with Gasteiger partial charge in [0.05, 0.1) is 12.7 Å². The highest BCUT2D eigenvalue weighted by Crippen LogP contribution is 2.19. The number of esters is 1. The number of nitrogens with zero attached hydrogens (tertiary/aromatic N) is 3. The van der Waals surface area contributed by atoms with Crippen molar-refractivity contribution >= 4 is 23.4 Å². The molecule has 0 unspecified atom stereocenters. The Balaban J connectivity index is 1.79. The van der Waals surface area contributed by atoms with Crippen molar-refractivity contribution in [2.45, 2.75) is 17.8 Å². The topological polar surface area (TPSA) is 73.6 Å².